The molecule has 2 fully saturated rings. The van der Waals surface area contributed by atoms with Crippen molar-refractivity contribution in [3.63, 3.8) is 0 Å². The van der Waals surface area contributed by atoms with Crippen LogP contribution in [0, 0.1) is 5.41 Å². The molecule has 1 saturated carbocycles. The molecule has 0 N–H and O–H groups in total. The molecule has 0 aromatic carbocycles. The highest BCUT2D eigenvalue weighted by molar-refractivity contribution is 5.96. The summed E-state index contributed by atoms with van der Waals surface area (Å²) in [5.41, 5.74) is -0.761. The number of esters is 2. The smallest absolute Gasteiger partial charge is 0.302 e. The minimum absolute atomic E-state index is 0.0186. The lowest BCUT2D eigenvalue weighted by Crippen LogP contribution is -2.49. The minimum atomic E-state index is -0.551. The fraction of sp³-hybridized carbons (Fsp3) is 0.737. The van der Waals surface area contributed by atoms with Gasteiger partial charge < -0.3 is 14.2 Å². The molecule has 0 unspecified atom stereocenters. The predicted octanol–water partition coefficient (Wildman–Crippen LogP) is 2.73. The number of epoxide rings is 1. The number of Topliss-reactive ketones (excluding diaryl/α,β-unsaturated/α-hetero) is 1. The molecule has 0 spiro atoms. The zero-order valence-electron chi connectivity index (χ0n) is 15.9. The molecule has 0 radical (unpaired) electrons. The van der Waals surface area contributed by atoms with E-state index < -0.39 is 11.2 Å². The number of ketones is 1. The molecule has 0 amide bonds. The first-order valence-corrected chi connectivity index (χ1v) is 8.63. The van der Waals surface area contributed by atoms with Gasteiger partial charge in [0.2, 0.25) is 0 Å². The molecule has 1 heterocycles. The van der Waals surface area contributed by atoms with Gasteiger partial charge in [0, 0.05) is 32.1 Å². The standard InChI is InChI=1S/C19H28O6/c1-12(7-8-23-13(2)20)16(22)11-19-17(4,5)9-15(24-14(3)21)10-18(19,6)25-19/h7,15H,8-11H2,1-6H3/b12-7+/t15-,18+,19-/m0/s1. The topological polar surface area (TPSA) is 82.2 Å². The van der Waals surface area contributed by atoms with E-state index in [0.29, 0.717) is 18.4 Å². The Kier molecular flexibility index (Phi) is 5.15. The first-order chi connectivity index (χ1) is 11.4. The summed E-state index contributed by atoms with van der Waals surface area (Å²) in [7, 11) is 0. The van der Waals surface area contributed by atoms with Crippen molar-refractivity contribution in [2.75, 3.05) is 6.61 Å². The van der Waals surface area contributed by atoms with Crippen LogP contribution in [0.1, 0.15) is 60.8 Å². The number of fused-ring (bicyclic) bond motifs is 1. The highest BCUT2D eigenvalue weighted by Gasteiger charge is 2.76. The van der Waals surface area contributed by atoms with Gasteiger partial charge in [-0.2, -0.15) is 0 Å². The zero-order chi connectivity index (χ0) is 19.0. The van der Waals surface area contributed by atoms with Gasteiger partial charge in [-0.15, -0.1) is 0 Å². The van der Waals surface area contributed by atoms with Gasteiger partial charge in [-0.05, 0) is 31.9 Å². The van der Waals surface area contributed by atoms with Crippen LogP contribution in [0.25, 0.3) is 0 Å². The lowest BCUT2D eigenvalue weighted by molar-refractivity contribution is -0.150. The predicted molar refractivity (Wildman–Crippen MR) is 90.8 cm³/mol. The molecular formula is C19H28O6. The number of carbonyl (C=O) groups is 3. The summed E-state index contributed by atoms with van der Waals surface area (Å²) in [5, 5.41) is 0. The van der Waals surface area contributed by atoms with Crippen molar-refractivity contribution in [2.24, 2.45) is 5.41 Å². The Morgan fingerprint density at radius 2 is 1.72 bits per heavy atom. The van der Waals surface area contributed by atoms with E-state index >= 15 is 0 Å². The largest absolute Gasteiger partial charge is 0.462 e. The van der Waals surface area contributed by atoms with E-state index in [2.05, 4.69) is 13.8 Å². The lowest BCUT2D eigenvalue weighted by atomic mass is 9.61. The summed E-state index contributed by atoms with van der Waals surface area (Å²) >= 11 is 0. The van der Waals surface area contributed by atoms with Crippen LogP contribution in [0.2, 0.25) is 0 Å². The zero-order valence-corrected chi connectivity index (χ0v) is 15.9. The molecule has 2 rings (SSSR count). The van der Waals surface area contributed by atoms with Gasteiger partial charge in [-0.25, -0.2) is 0 Å². The average Bonchev–Trinajstić information content (AvgIpc) is 3.03. The first kappa shape index (κ1) is 19.6. The first-order valence-electron chi connectivity index (χ1n) is 8.63. The second kappa shape index (κ2) is 6.56. The fourth-order valence-electron chi connectivity index (χ4n) is 4.20. The SMILES string of the molecule is CC(=O)OC/C=C(\C)C(=O)C[C@@]12O[C@]1(C)C[C@@H](OC(C)=O)CC2(C)C. The molecule has 2 aliphatic rings. The maximum absolute atomic E-state index is 12.6. The quantitative estimate of drug-likeness (QED) is 0.415. The fourth-order valence-corrected chi connectivity index (χ4v) is 4.20. The number of carbonyl (C=O) groups excluding carboxylic acids is 3. The van der Waals surface area contributed by atoms with Gasteiger partial charge in [0.15, 0.2) is 5.78 Å². The number of ether oxygens (including phenoxy) is 3. The Labute approximate surface area is 148 Å². The molecule has 1 saturated heterocycles. The molecule has 0 aromatic heterocycles. The summed E-state index contributed by atoms with van der Waals surface area (Å²) in [6.45, 7) is 10.6. The van der Waals surface area contributed by atoms with Gasteiger partial charge in [0.05, 0.1) is 5.60 Å². The molecule has 6 heteroatoms. The highest BCUT2D eigenvalue weighted by Crippen LogP contribution is 2.67. The average molecular weight is 352 g/mol. The Morgan fingerprint density at radius 1 is 1.08 bits per heavy atom. The molecule has 140 valence electrons. The maximum Gasteiger partial charge on any atom is 0.302 e. The normalized spacial score (nSPS) is 33.2. The number of hydrogen-bond acceptors (Lipinski definition) is 6. The third-order valence-corrected chi connectivity index (χ3v) is 5.52. The van der Waals surface area contributed by atoms with E-state index in [4.69, 9.17) is 14.2 Å². The number of hydrogen-bond donors (Lipinski definition) is 0. The second-order valence-corrected chi connectivity index (χ2v) is 7.97. The molecule has 6 nitrogen and oxygen atoms in total. The summed E-state index contributed by atoms with van der Waals surface area (Å²) < 4.78 is 16.4. The Bertz CT molecular complexity index is 619. The second-order valence-electron chi connectivity index (χ2n) is 7.97. The summed E-state index contributed by atoms with van der Waals surface area (Å²) in [5.74, 6) is -0.689. The van der Waals surface area contributed by atoms with Crippen molar-refractivity contribution in [1.29, 1.82) is 0 Å². The monoisotopic (exact) mass is 352 g/mol. The van der Waals surface area contributed by atoms with Crippen molar-refractivity contribution in [1.82, 2.24) is 0 Å². The van der Waals surface area contributed by atoms with Crippen LogP contribution < -0.4 is 0 Å². The van der Waals surface area contributed by atoms with E-state index in [1.807, 2.05) is 6.92 Å². The van der Waals surface area contributed by atoms with Crippen LogP contribution >= 0.6 is 0 Å². The number of allylic oxidation sites excluding steroid dienone is 1. The van der Waals surface area contributed by atoms with Crippen LogP contribution in [0.3, 0.4) is 0 Å². The molecule has 1 aliphatic heterocycles. The van der Waals surface area contributed by atoms with E-state index in [1.165, 1.54) is 13.8 Å². The van der Waals surface area contributed by atoms with Crippen molar-refractivity contribution in [2.45, 2.75) is 78.1 Å². The lowest BCUT2D eigenvalue weighted by Gasteiger charge is -2.41. The van der Waals surface area contributed by atoms with Crippen LogP contribution in [-0.2, 0) is 28.6 Å². The highest BCUT2D eigenvalue weighted by atomic mass is 16.6. The van der Waals surface area contributed by atoms with Gasteiger partial charge in [0.25, 0.3) is 0 Å². The van der Waals surface area contributed by atoms with E-state index in [1.54, 1.807) is 13.0 Å². The summed E-state index contributed by atoms with van der Waals surface area (Å²) in [6.07, 6.45) is 2.96. The maximum atomic E-state index is 12.6. The Hall–Kier alpha value is -1.69. The Balaban J connectivity index is 2.08. The van der Waals surface area contributed by atoms with Crippen molar-refractivity contribution >= 4 is 17.7 Å². The van der Waals surface area contributed by atoms with Gasteiger partial charge in [0.1, 0.15) is 18.3 Å². The third-order valence-electron chi connectivity index (χ3n) is 5.52. The van der Waals surface area contributed by atoms with Crippen LogP contribution in [0.4, 0.5) is 0 Å². The summed E-state index contributed by atoms with van der Waals surface area (Å²) in [4.78, 5) is 34.7. The van der Waals surface area contributed by atoms with Crippen LogP contribution in [0.5, 0.6) is 0 Å². The minimum Gasteiger partial charge on any atom is -0.462 e. The molecule has 0 aromatic rings. The van der Waals surface area contributed by atoms with Gasteiger partial charge in [-0.3, -0.25) is 14.4 Å². The molecule has 1 aliphatic carbocycles. The number of rotatable bonds is 6. The van der Waals surface area contributed by atoms with Crippen LogP contribution in [-0.4, -0.2) is 41.6 Å². The molecular weight excluding hydrogens is 324 g/mol. The van der Waals surface area contributed by atoms with Crippen molar-refractivity contribution < 1.29 is 28.6 Å². The third kappa shape index (κ3) is 3.78. The van der Waals surface area contributed by atoms with E-state index in [9.17, 15) is 14.4 Å². The summed E-state index contributed by atoms with van der Waals surface area (Å²) in [6, 6.07) is 0. The molecule has 0 bridgehead atoms. The van der Waals surface area contributed by atoms with Crippen molar-refractivity contribution in [3.8, 4) is 0 Å². The van der Waals surface area contributed by atoms with Crippen LogP contribution in [0.15, 0.2) is 11.6 Å². The Morgan fingerprint density at radius 3 is 2.24 bits per heavy atom. The van der Waals surface area contributed by atoms with Crippen molar-refractivity contribution in [3.05, 3.63) is 11.6 Å². The van der Waals surface area contributed by atoms with Gasteiger partial charge in [-0.1, -0.05) is 13.8 Å². The van der Waals surface area contributed by atoms with E-state index in [0.717, 1.165) is 0 Å². The molecule has 3 atom stereocenters. The molecule has 25 heavy (non-hydrogen) atoms. The van der Waals surface area contributed by atoms with Gasteiger partial charge >= 0.3 is 11.9 Å². The van der Waals surface area contributed by atoms with E-state index in [-0.39, 0.29) is 42.3 Å².